The molecule has 0 aromatic carbocycles. The van der Waals surface area contributed by atoms with Crippen molar-refractivity contribution in [2.45, 2.75) is 0 Å². The molecule has 3 rings (SSSR count). The van der Waals surface area contributed by atoms with E-state index >= 15 is 0 Å². The Kier molecular flexibility index (Phi) is 3.78. The third-order valence-corrected chi connectivity index (χ3v) is 3.09. The van der Waals surface area contributed by atoms with Crippen LogP contribution in [0.3, 0.4) is 0 Å². The lowest BCUT2D eigenvalue weighted by Gasteiger charge is -1.97. The van der Waals surface area contributed by atoms with Crippen molar-refractivity contribution >= 4 is 12.1 Å². The van der Waals surface area contributed by atoms with Crippen LogP contribution in [-0.2, 0) is 7.05 Å². The summed E-state index contributed by atoms with van der Waals surface area (Å²) in [5.74, 6) is -0.354. The molecule has 3 aromatic heterocycles. The van der Waals surface area contributed by atoms with Crippen molar-refractivity contribution in [3.05, 3.63) is 60.2 Å². The summed E-state index contributed by atoms with van der Waals surface area (Å²) in [5.41, 5.74) is 5.22. The fourth-order valence-corrected chi connectivity index (χ4v) is 1.97. The van der Waals surface area contributed by atoms with Gasteiger partial charge in [0.15, 0.2) is 0 Å². The van der Waals surface area contributed by atoms with Crippen LogP contribution in [0.25, 0.3) is 11.4 Å². The van der Waals surface area contributed by atoms with Gasteiger partial charge in [0.25, 0.3) is 5.91 Å². The molecule has 22 heavy (non-hydrogen) atoms. The molecule has 3 aromatic rings. The first-order valence-electron chi connectivity index (χ1n) is 6.64. The van der Waals surface area contributed by atoms with Gasteiger partial charge in [-0.15, -0.1) is 0 Å². The van der Waals surface area contributed by atoms with Gasteiger partial charge in [-0.05, 0) is 24.3 Å². The molecule has 0 fully saturated rings. The van der Waals surface area contributed by atoms with Crippen molar-refractivity contribution in [3.8, 4) is 11.4 Å². The third-order valence-electron chi connectivity index (χ3n) is 3.09. The van der Waals surface area contributed by atoms with Crippen molar-refractivity contribution in [1.82, 2.24) is 25.2 Å². The van der Waals surface area contributed by atoms with Gasteiger partial charge in [-0.1, -0.05) is 6.07 Å². The quantitative estimate of drug-likeness (QED) is 0.565. The number of aromatic amines is 1. The van der Waals surface area contributed by atoms with Crippen molar-refractivity contribution in [3.63, 3.8) is 0 Å². The number of nitrogens with one attached hydrogen (secondary N) is 2. The molecule has 2 N–H and O–H groups in total. The van der Waals surface area contributed by atoms with E-state index in [1.54, 1.807) is 24.5 Å². The Morgan fingerprint density at radius 1 is 1.41 bits per heavy atom. The van der Waals surface area contributed by atoms with Crippen molar-refractivity contribution in [1.29, 1.82) is 0 Å². The molecule has 3 heterocycles. The van der Waals surface area contributed by atoms with Crippen LogP contribution in [0.15, 0.2) is 54.0 Å². The molecule has 0 radical (unpaired) electrons. The molecule has 0 spiro atoms. The Hall–Kier alpha value is -3.22. The lowest BCUT2D eigenvalue weighted by atomic mass is 10.3. The maximum absolute atomic E-state index is 12.0. The zero-order valence-corrected chi connectivity index (χ0v) is 11.9. The lowest BCUT2D eigenvalue weighted by molar-refractivity contribution is 0.0950. The largest absolute Gasteiger partial charge is 0.349 e. The van der Waals surface area contributed by atoms with Gasteiger partial charge in [0.2, 0.25) is 0 Å². The summed E-state index contributed by atoms with van der Waals surface area (Å²) in [4.78, 5) is 15.9. The minimum absolute atomic E-state index is 0.347. The number of nitrogens with zero attached hydrogens (tertiary/aromatic N) is 4. The van der Waals surface area contributed by atoms with Crippen molar-refractivity contribution in [2.24, 2.45) is 12.1 Å². The number of rotatable bonds is 4. The Morgan fingerprint density at radius 3 is 3.05 bits per heavy atom. The lowest BCUT2D eigenvalue weighted by Crippen LogP contribution is -2.18. The molecule has 0 saturated heterocycles. The minimum atomic E-state index is -0.354. The smallest absolute Gasteiger partial charge is 0.289 e. The number of amides is 1. The molecule has 0 unspecified atom stereocenters. The average molecular weight is 294 g/mol. The highest BCUT2D eigenvalue weighted by Crippen LogP contribution is 2.17. The monoisotopic (exact) mass is 294 g/mol. The maximum atomic E-state index is 12.0. The summed E-state index contributed by atoms with van der Waals surface area (Å²) in [6.07, 6.45) is 6.77. The first-order chi connectivity index (χ1) is 10.7. The molecule has 0 saturated carbocycles. The number of aromatic nitrogens is 4. The van der Waals surface area contributed by atoms with E-state index in [4.69, 9.17) is 0 Å². The van der Waals surface area contributed by atoms with E-state index in [1.165, 1.54) is 6.21 Å². The van der Waals surface area contributed by atoms with Crippen LogP contribution in [0.4, 0.5) is 0 Å². The second-order valence-corrected chi connectivity index (χ2v) is 4.66. The van der Waals surface area contributed by atoms with Crippen LogP contribution in [0, 0.1) is 0 Å². The van der Waals surface area contributed by atoms with E-state index < -0.39 is 0 Å². The standard InChI is InChI=1S/C15H14N6O/c1-21-7-3-5-14(21)12-8-13(19-18-12)15(22)20-17-10-11-4-2-6-16-9-11/h2-10H,1H3,(H,18,19)(H,20,22)/b17-10-. The van der Waals surface area contributed by atoms with Gasteiger partial charge < -0.3 is 4.57 Å². The molecule has 0 aliphatic rings. The molecule has 0 bridgehead atoms. The predicted molar refractivity (Wildman–Crippen MR) is 82.3 cm³/mol. The number of hydrazone groups is 1. The van der Waals surface area contributed by atoms with Gasteiger partial charge in [-0.3, -0.25) is 14.9 Å². The van der Waals surface area contributed by atoms with E-state index in [0.29, 0.717) is 11.4 Å². The summed E-state index contributed by atoms with van der Waals surface area (Å²) in [7, 11) is 1.92. The van der Waals surface area contributed by atoms with E-state index in [-0.39, 0.29) is 5.91 Å². The Labute approximate surface area is 126 Å². The topological polar surface area (TPSA) is 88.0 Å². The number of H-pyrrole nitrogens is 1. The zero-order valence-electron chi connectivity index (χ0n) is 11.9. The highest BCUT2D eigenvalue weighted by atomic mass is 16.2. The van der Waals surface area contributed by atoms with E-state index in [2.05, 4.69) is 25.7 Å². The Bertz CT molecular complexity index is 802. The fraction of sp³-hybridized carbons (Fsp3) is 0.0667. The van der Waals surface area contributed by atoms with Crippen molar-refractivity contribution in [2.75, 3.05) is 0 Å². The SMILES string of the molecule is Cn1cccc1-c1cc(C(=O)N/N=C\c2cccnc2)[nH]n1. The second-order valence-electron chi connectivity index (χ2n) is 4.66. The van der Waals surface area contributed by atoms with Gasteiger partial charge in [0.05, 0.1) is 11.9 Å². The van der Waals surface area contributed by atoms with Crippen LogP contribution >= 0.6 is 0 Å². The Morgan fingerprint density at radius 2 is 2.32 bits per heavy atom. The first kappa shape index (κ1) is 13.7. The number of hydrogen-bond acceptors (Lipinski definition) is 4. The molecule has 7 nitrogen and oxygen atoms in total. The summed E-state index contributed by atoms with van der Waals surface area (Å²) in [5, 5.41) is 10.7. The minimum Gasteiger partial charge on any atom is -0.349 e. The van der Waals surface area contributed by atoms with Gasteiger partial charge in [0, 0.05) is 31.2 Å². The van der Waals surface area contributed by atoms with E-state index in [9.17, 15) is 4.79 Å². The molecule has 0 aliphatic carbocycles. The van der Waals surface area contributed by atoms with Crippen LogP contribution in [0.2, 0.25) is 0 Å². The third kappa shape index (κ3) is 2.93. The summed E-state index contributed by atoms with van der Waals surface area (Å²) in [6, 6.07) is 9.17. The maximum Gasteiger partial charge on any atom is 0.289 e. The number of hydrogen-bond donors (Lipinski definition) is 2. The molecule has 1 amide bonds. The molecule has 0 atom stereocenters. The molecule has 0 aliphatic heterocycles. The van der Waals surface area contributed by atoms with Crippen LogP contribution in [-0.4, -0.2) is 31.9 Å². The number of aryl methyl sites for hydroxylation is 1. The van der Waals surface area contributed by atoms with Gasteiger partial charge >= 0.3 is 0 Å². The highest BCUT2D eigenvalue weighted by Gasteiger charge is 2.11. The normalized spacial score (nSPS) is 11.0. The van der Waals surface area contributed by atoms with Gasteiger partial charge in [-0.25, -0.2) is 5.43 Å². The number of carbonyl (C=O) groups is 1. The van der Waals surface area contributed by atoms with Crippen molar-refractivity contribution < 1.29 is 4.79 Å². The van der Waals surface area contributed by atoms with Gasteiger partial charge in [0.1, 0.15) is 11.4 Å². The zero-order chi connectivity index (χ0) is 15.4. The molecule has 7 heteroatoms. The average Bonchev–Trinajstić information content (AvgIpc) is 3.17. The number of pyridine rings is 1. The first-order valence-corrected chi connectivity index (χ1v) is 6.64. The van der Waals surface area contributed by atoms with E-state index in [0.717, 1.165) is 11.3 Å². The molecule has 110 valence electrons. The van der Waals surface area contributed by atoms with Crippen LogP contribution in [0.5, 0.6) is 0 Å². The summed E-state index contributed by atoms with van der Waals surface area (Å²) in [6.45, 7) is 0. The number of carbonyl (C=O) groups excluding carboxylic acids is 1. The second kappa shape index (κ2) is 6.04. The fourth-order valence-electron chi connectivity index (χ4n) is 1.97. The predicted octanol–water partition coefficient (Wildman–Crippen LogP) is 1.57. The summed E-state index contributed by atoms with van der Waals surface area (Å²) >= 11 is 0. The molecular formula is C15H14N6O. The van der Waals surface area contributed by atoms with E-state index in [1.807, 2.05) is 36.0 Å². The van der Waals surface area contributed by atoms with Crippen LogP contribution < -0.4 is 5.43 Å². The van der Waals surface area contributed by atoms with Crippen LogP contribution in [0.1, 0.15) is 16.1 Å². The highest BCUT2D eigenvalue weighted by molar-refractivity contribution is 5.94. The Balaban J connectivity index is 1.67. The molecular weight excluding hydrogens is 280 g/mol. The van der Waals surface area contributed by atoms with Gasteiger partial charge in [-0.2, -0.15) is 10.2 Å². The summed E-state index contributed by atoms with van der Waals surface area (Å²) < 4.78 is 1.93.